The maximum atomic E-state index is 13.1. The average Bonchev–Trinajstić information content (AvgIpc) is 2.68. The molecule has 0 unspecified atom stereocenters. The maximum absolute atomic E-state index is 13.1. The van der Waals surface area contributed by atoms with Crippen molar-refractivity contribution in [2.45, 2.75) is 24.2 Å². The first-order valence-corrected chi connectivity index (χ1v) is 10.2. The van der Waals surface area contributed by atoms with Crippen molar-refractivity contribution in [1.29, 1.82) is 0 Å². The number of ether oxygens (including phenoxy) is 2. The van der Waals surface area contributed by atoms with Gasteiger partial charge in [-0.25, -0.2) is 8.42 Å². The Labute approximate surface area is 155 Å². The molecule has 5 nitrogen and oxygen atoms in total. The number of benzene rings is 2. The quantitative estimate of drug-likeness (QED) is 0.777. The Balaban J connectivity index is 1.72. The molecule has 0 radical (unpaired) electrons. The first-order chi connectivity index (χ1) is 12.5. The minimum Gasteiger partial charge on any atom is -0.497 e. The van der Waals surface area contributed by atoms with E-state index in [0.29, 0.717) is 30.5 Å². The summed E-state index contributed by atoms with van der Waals surface area (Å²) in [6, 6.07) is 15.2. The number of rotatable bonds is 6. The van der Waals surface area contributed by atoms with Gasteiger partial charge in [0.05, 0.1) is 14.2 Å². The summed E-state index contributed by atoms with van der Waals surface area (Å²) in [4.78, 5) is 0.167. The normalized spacial score (nSPS) is 16.4. The summed E-state index contributed by atoms with van der Waals surface area (Å²) in [5.74, 6) is 1.36. The van der Waals surface area contributed by atoms with Gasteiger partial charge in [-0.1, -0.05) is 30.3 Å². The van der Waals surface area contributed by atoms with Crippen LogP contribution in [0.3, 0.4) is 0 Å². The third-order valence-electron chi connectivity index (χ3n) is 4.93. The predicted molar refractivity (Wildman–Crippen MR) is 101 cm³/mol. The van der Waals surface area contributed by atoms with E-state index in [9.17, 15) is 8.42 Å². The summed E-state index contributed by atoms with van der Waals surface area (Å²) in [6.07, 6.45) is 2.72. The van der Waals surface area contributed by atoms with Gasteiger partial charge in [0, 0.05) is 19.2 Å². The lowest BCUT2D eigenvalue weighted by molar-refractivity contribution is 0.272. The summed E-state index contributed by atoms with van der Waals surface area (Å²) in [5, 5.41) is 0. The molecule has 0 spiro atoms. The second-order valence-electron chi connectivity index (χ2n) is 6.55. The van der Waals surface area contributed by atoms with Crippen LogP contribution in [0.4, 0.5) is 0 Å². The SMILES string of the molecule is COc1ccc(OC)c(S(=O)(=O)N2CCC(Cc3ccccc3)CC2)c1. The summed E-state index contributed by atoms with van der Waals surface area (Å²) < 4.78 is 38.2. The van der Waals surface area contributed by atoms with Crippen molar-refractivity contribution in [3.05, 3.63) is 54.1 Å². The second-order valence-corrected chi connectivity index (χ2v) is 8.46. The standard InChI is InChI=1S/C20H25NO4S/c1-24-18-8-9-19(25-2)20(15-18)26(22,23)21-12-10-17(11-13-21)14-16-6-4-3-5-7-16/h3-9,15,17H,10-14H2,1-2H3. The molecule has 1 aliphatic rings. The Morgan fingerprint density at radius 2 is 1.69 bits per heavy atom. The summed E-state index contributed by atoms with van der Waals surface area (Å²) in [7, 11) is -0.605. The summed E-state index contributed by atoms with van der Waals surface area (Å²) >= 11 is 0. The van der Waals surface area contributed by atoms with Gasteiger partial charge in [-0.05, 0) is 42.9 Å². The van der Waals surface area contributed by atoms with E-state index in [4.69, 9.17) is 9.47 Å². The fraction of sp³-hybridized carbons (Fsp3) is 0.400. The van der Waals surface area contributed by atoms with Crippen LogP contribution in [0.25, 0.3) is 0 Å². The second kappa shape index (κ2) is 8.10. The van der Waals surface area contributed by atoms with Gasteiger partial charge in [0.2, 0.25) is 10.0 Å². The smallest absolute Gasteiger partial charge is 0.246 e. The van der Waals surface area contributed by atoms with Crippen molar-refractivity contribution < 1.29 is 17.9 Å². The van der Waals surface area contributed by atoms with Crippen LogP contribution in [0.1, 0.15) is 18.4 Å². The zero-order valence-electron chi connectivity index (χ0n) is 15.2. The van der Waals surface area contributed by atoms with Crippen LogP contribution in [-0.2, 0) is 16.4 Å². The van der Waals surface area contributed by atoms with Crippen molar-refractivity contribution in [2.75, 3.05) is 27.3 Å². The van der Waals surface area contributed by atoms with Crippen LogP contribution in [0, 0.1) is 5.92 Å². The van der Waals surface area contributed by atoms with E-state index in [0.717, 1.165) is 19.3 Å². The highest BCUT2D eigenvalue weighted by Gasteiger charge is 2.31. The Morgan fingerprint density at radius 1 is 1.00 bits per heavy atom. The van der Waals surface area contributed by atoms with Crippen LogP contribution >= 0.6 is 0 Å². The Morgan fingerprint density at radius 3 is 2.31 bits per heavy atom. The van der Waals surface area contributed by atoms with Crippen molar-refractivity contribution in [3.63, 3.8) is 0 Å². The maximum Gasteiger partial charge on any atom is 0.246 e. The minimum atomic E-state index is -3.61. The van der Waals surface area contributed by atoms with E-state index in [1.165, 1.54) is 25.8 Å². The van der Waals surface area contributed by atoms with E-state index in [2.05, 4.69) is 12.1 Å². The molecule has 0 aliphatic carbocycles. The molecule has 1 saturated heterocycles. The highest BCUT2D eigenvalue weighted by atomic mass is 32.2. The molecule has 3 rings (SSSR count). The van der Waals surface area contributed by atoms with Gasteiger partial charge in [0.25, 0.3) is 0 Å². The molecule has 0 N–H and O–H groups in total. The van der Waals surface area contributed by atoms with Gasteiger partial charge in [-0.2, -0.15) is 4.31 Å². The summed E-state index contributed by atoms with van der Waals surface area (Å²) in [6.45, 7) is 1.06. The molecule has 0 aromatic heterocycles. The number of piperidine rings is 1. The van der Waals surface area contributed by atoms with E-state index < -0.39 is 10.0 Å². The molecular formula is C20H25NO4S. The van der Waals surface area contributed by atoms with E-state index in [1.807, 2.05) is 18.2 Å². The van der Waals surface area contributed by atoms with Crippen LogP contribution in [0.2, 0.25) is 0 Å². The van der Waals surface area contributed by atoms with Crippen molar-refractivity contribution in [1.82, 2.24) is 4.31 Å². The molecule has 140 valence electrons. The number of nitrogens with zero attached hydrogens (tertiary/aromatic N) is 1. The number of methoxy groups -OCH3 is 2. The van der Waals surface area contributed by atoms with Crippen molar-refractivity contribution in [2.24, 2.45) is 5.92 Å². The molecule has 26 heavy (non-hydrogen) atoms. The Hall–Kier alpha value is -2.05. The molecule has 0 bridgehead atoms. The molecule has 0 amide bonds. The molecule has 1 fully saturated rings. The molecule has 1 aliphatic heterocycles. The molecule has 0 atom stereocenters. The molecule has 6 heteroatoms. The van der Waals surface area contributed by atoms with Gasteiger partial charge in [0.1, 0.15) is 16.4 Å². The average molecular weight is 375 g/mol. The van der Waals surface area contributed by atoms with Crippen molar-refractivity contribution in [3.8, 4) is 11.5 Å². The van der Waals surface area contributed by atoms with Gasteiger partial charge < -0.3 is 9.47 Å². The third kappa shape index (κ3) is 4.02. The lowest BCUT2D eigenvalue weighted by atomic mass is 9.91. The zero-order valence-corrected chi connectivity index (χ0v) is 16.0. The molecule has 2 aromatic carbocycles. The molecule has 1 heterocycles. The van der Waals surface area contributed by atoms with E-state index >= 15 is 0 Å². The highest BCUT2D eigenvalue weighted by molar-refractivity contribution is 7.89. The first kappa shape index (κ1) is 18.7. The van der Waals surface area contributed by atoms with Crippen LogP contribution in [0.15, 0.2) is 53.4 Å². The fourth-order valence-corrected chi connectivity index (χ4v) is 5.07. The number of hydrogen-bond acceptors (Lipinski definition) is 4. The number of hydrogen-bond donors (Lipinski definition) is 0. The van der Waals surface area contributed by atoms with Gasteiger partial charge in [-0.15, -0.1) is 0 Å². The fourth-order valence-electron chi connectivity index (χ4n) is 3.43. The van der Waals surface area contributed by atoms with Gasteiger partial charge >= 0.3 is 0 Å². The van der Waals surface area contributed by atoms with E-state index in [-0.39, 0.29) is 4.90 Å². The Bertz CT molecular complexity index is 828. The highest BCUT2D eigenvalue weighted by Crippen LogP contribution is 2.33. The van der Waals surface area contributed by atoms with E-state index in [1.54, 1.807) is 16.4 Å². The van der Waals surface area contributed by atoms with Crippen LogP contribution < -0.4 is 9.47 Å². The minimum absolute atomic E-state index is 0.167. The molecular weight excluding hydrogens is 350 g/mol. The lowest BCUT2D eigenvalue weighted by Crippen LogP contribution is -2.39. The van der Waals surface area contributed by atoms with Crippen molar-refractivity contribution >= 4 is 10.0 Å². The predicted octanol–water partition coefficient (Wildman–Crippen LogP) is 3.35. The molecule has 0 saturated carbocycles. The van der Waals surface area contributed by atoms with Crippen LogP contribution in [0.5, 0.6) is 11.5 Å². The van der Waals surface area contributed by atoms with Crippen LogP contribution in [-0.4, -0.2) is 40.0 Å². The monoisotopic (exact) mass is 375 g/mol. The van der Waals surface area contributed by atoms with Gasteiger partial charge in [-0.3, -0.25) is 0 Å². The summed E-state index contributed by atoms with van der Waals surface area (Å²) in [5.41, 5.74) is 1.31. The molecule has 2 aromatic rings. The number of sulfonamides is 1. The largest absolute Gasteiger partial charge is 0.497 e. The third-order valence-corrected chi connectivity index (χ3v) is 6.85. The Kier molecular flexibility index (Phi) is 5.84. The topological polar surface area (TPSA) is 55.8 Å². The zero-order chi connectivity index (χ0) is 18.6. The lowest BCUT2D eigenvalue weighted by Gasteiger charge is -2.31. The van der Waals surface area contributed by atoms with Gasteiger partial charge in [0.15, 0.2) is 0 Å². The first-order valence-electron chi connectivity index (χ1n) is 8.80.